The van der Waals surface area contributed by atoms with Gasteiger partial charge in [0.2, 0.25) is 11.8 Å². The predicted octanol–water partition coefficient (Wildman–Crippen LogP) is 2.15. The lowest BCUT2D eigenvalue weighted by atomic mass is 10.1. The number of benzene rings is 1. The number of hydrogen-bond donors (Lipinski definition) is 1. The molecule has 3 heterocycles. The van der Waals surface area contributed by atoms with Crippen LogP contribution in [-0.2, 0) is 22.7 Å². The Hall–Kier alpha value is -2.41. The topological polar surface area (TPSA) is 70.5 Å². The van der Waals surface area contributed by atoms with Gasteiger partial charge >= 0.3 is 0 Å². The summed E-state index contributed by atoms with van der Waals surface area (Å²) in [5.74, 6) is 0.885. The summed E-state index contributed by atoms with van der Waals surface area (Å²) in [6.45, 7) is 6.20. The molecule has 2 aliphatic heterocycles. The highest BCUT2D eigenvalue weighted by atomic mass is 16.2. The summed E-state index contributed by atoms with van der Waals surface area (Å²) in [7, 11) is 0. The molecule has 1 atom stereocenters. The summed E-state index contributed by atoms with van der Waals surface area (Å²) in [6.07, 6.45) is 5.66. The molecule has 4 rings (SSSR count). The van der Waals surface area contributed by atoms with E-state index in [1.807, 2.05) is 31.2 Å². The lowest BCUT2D eigenvalue weighted by Gasteiger charge is -2.34. The van der Waals surface area contributed by atoms with Crippen LogP contribution in [0.1, 0.15) is 44.9 Å². The van der Waals surface area contributed by atoms with Crippen LogP contribution in [0.25, 0.3) is 11.0 Å². The maximum Gasteiger partial charge on any atom is 0.243 e. The number of aromatic nitrogens is 2. The number of carbonyl (C=O) groups is 2. The molecule has 2 aromatic rings. The fourth-order valence-electron chi connectivity index (χ4n) is 4.56. The first-order chi connectivity index (χ1) is 14.2. The van der Waals surface area contributed by atoms with Crippen molar-refractivity contribution in [3.05, 3.63) is 30.1 Å². The maximum atomic E-state index is 13.2. The second-order valence-corrected chi connectivity index (χ2v) is 8.10. The predicted molar refractivity (Wildman–Crippen MR) is 112 cm³/mol. The lowest BCUT2D eigenvalue weighted by molar-refractivity contribution is -0.143. The van der Waals surface area contributed by atoms with E-state index in [9.17, 15) is 9.59 Å². The average molecular weight is 398 g/mol. The van der Waals surface area contributed by atoms with Crippen molar-refractivity contribution in [1.82, 2.24) is 24.7 Å². The van der Waals surface area contributed by atoms with Gasteiger partial charge in [0.1, 0.15) is 18.4 Å². The van der Waals surface area contributed by atoms with Gasteiger partial charge in [-0.25, -0.2) is 4.98 Å². The zero-order chi connectivity index (χ0) is 20.2. The number of piperazine rings is 1. The quantitative estimate of drug-likeness (QED) is 0.839. The number of para-hydroxylation sites is 2. The monoisotopic (exact) mass is 397 g/mol. The van der Waals surface area contributed by atoms with Crippen molar-refractivity contribution < 1.29 is 9.59 Å². The minimum atomic E-state index is -0.375. The largest absolute Gasteiger partial charge is 0.353 e. The van der Waals surface area contributed by atoms with Crippen LogP contribution >= 0.6 is 0 Å². The Bertz CT molecular complexity index is 869. The molecule has 156 valence electrons. The number of imidazole rings is 1. The molecule has 1 aromatic heterocycles. The number of hydrogen-bond acceptors (Lipinski definition) is 4. The number of amides is 2. The van der Waals surface area contributed by atoms with Crippen molar-refractivity contribution >= 4 is 22.8 Å². The molecule has 7 heteroatoms. The number of carbonyl (C=O) groups excluding carboxylic acids is 2. The molecule has 2 aliphatic rings. The Balaban J connectivity index is 1.59. The molecule has 1 aromatic carbocycles. The van der Waals surface area contributed by atoms with E-state index in [0.717, 1.165) is 36.5 Å². The molecule has 29 heavy (non-hydrogen) atoms. The van der Waals surface area contributed by atoms with Gasteiger partial charge in [-0.1, -0.05) is 31.9 Å². The lowest BCUT2D eigenvalue weighted by Crippen LogP contribution is -2.57. The molecular formula is C22H31N5O2. The van der Waals surface area contributed by atoms with Crippen LogP contribution in [0.2, 0.25) is 0 Å². The summed E-state index contributed by atoms with van der Waals surface area (Å²) < 4.78 is 2.06. The second-order valence-electron chi connectivity index (χ2n) is 8.10. The van der Waals surface area contributed by atoms with Gasteiger partial charge in [0.25, 0.3) is 0 Å². The summed E-state index contributed by atoms with van der Waals surface area (Å²) in [5, 5.41) is 2.87. The van der Waals surface area contributed by atoms with Gasteiger partial charge < -0.3 is 14.8 Å². The molecule has 2 amide bonds. The zero-order valence-electron chi connectivity index (χ0n) is 17.3. The number of likely N-dealkylation sites (tertiary alicyclic amines) is 1. The SMILES string of the molecule is CC[C@@H]1C(=O)NCCN1C(=O)Cn1c(CN2CCCCCC2)nc2ccccc21. The standard InChI is InChI=1S/C22H31N5O2/c1-2-18-22(29)23-11-14-26(18)21(28)16-27-19-10-6-5-9-17(19)24-20(27)15-25-12-7-3-4-8-13-25/h5-6,9-10,18H,2-4,7-8,11-16H2,1H3,(H,23,29)/t18-/m1/s1. The smallest absolute Gasteiger partial charge is 0.243 e. The molecule has 0 radical (unpaired) electrons. The molecular weight excluding hydrogens is 366 g/mol. The van der Waals surface area contributed by atoms with Crippen LogP contribution in [-0.4, -0.2) is 63.4 Å². The first-order valence-corrected chi connectivity index (χ1v) is 10.9. The van der Waals surface area contributed by atoms with E-state index in [1.165, 1.54) is 25.7 Å². The van der Waals surface area contributed by atoms with Crippen molar-refractivity contribution in [2.75, 3.05) is 26.2 Å². The van der Waals surface area contributed by atoms with E-state index in [2.05, 4.69) is 14.8 Å². The first kappa shape index (κ1) is 19.9. The molecule has 0 saturated carbocycles. The van der Waals surface area contributed by atoms with Crippen LogP contribution < -0.4 is 5.32 Å². The molecule has 1 N–H and O–H groups in total. The Morgan fingerprint density at radius 1 is 1.14 bits per heavy atom. The molecule has 0 unspecified atom stereocenters. The highest BCUT2D eigenvalue weighted by Crippen LogP contribution is 2.20. The van der Waals surface area contributed by atoms with E-state index in [1.54, 1.807) is 4.90 Å². The van der Waals surface area contributed by atoms with Gasteiger partial charge in [-0.2, -0.15) is 0 Å². The van der Waals surface area contributed by atoms with Gasteiger partial charge in [0.05, 0.1) is 17.6 Å². The molecule has 0 aliphatic carbocycles. The summed E-state index contributed by atoms with van der Waals surface area (Å²) >= 11 is 0. The van der Waals surface area contributed by atoms with Crippen LogP contribution in [0.15, 0.2) is 24.3 Å². The van der Waals surface area contributed by atoms with Crippen LogP contribution in [0.4, 0.5) is 0 Å². The van der Waals surface area contributed by atoms with Crippen molar-refractivity contribution in [2.45, 2.75) is 58.2 Å². The fourth-order valence-corrected chi connectivity index (χ4v) is 4.56. The minimum Gasteiger partial charge on any atom is -0.353 e. The van der Waals surface area contributed by atoms with E-state index in [-0.39, 0.29) is 24.4 Å². The van der Waals surface area contributed by atoms with Crippen LogP contribution in [0.3, 0.4) is 0 Å². The van der Waals surface area contributed by atoms with E-state index < -0.39 is 0 Å². The molecule has 2 saturated heterocycles. The van der Waals surface area contributed by atoms with Crippen LogP contribution in [0, 0.1) is 0 Å². The molecule has 0 spiro atoms. The third kappa shape index (κ3) is 4.29. The van der Waals surface area contributed by atoms with Crippen molar-refractivity contribution in [1.29, 1.82) is 0 Å². The van der Waals surface area contributed by atoms with Crippen LogP contribution in [0.5, 0.6) is 0 Å². The van der Waals surface area contributed by atoms with E-state index in [4.69, 9.17) is 4.98 Å². The second kappa shape index (κ2) is 8.95. The third-order valence-electron chi connectivity index (χ3n) is 6.13. The first-order valence-electron chi connectivity index (χ1n) is 10.9. The number of nitrogens with zero attached hydrogens (tertiary/aromatic N) is 4. The number of fused-ring (bicyclic) bond motifs is 1. The average Bonchev–Trinajstić information content (AvgIpc) is 2.89. The Kier molecular flexibility index (Phi) is 6.13. The molecule has 7 nitrogen and oxygen atoms in total. The van der Waals surface area contributed by atoms with Crippen molar-refractivity contribution in [2.24, 2.45) is 0 Å². The van der Waals surface area contributed by atoms with Gasteiger partial charge in [-0.3, -0.25) is 14.5 Å². The van der Waals surface area contributed by atoms with Gasteiger partial charge in [0.15, 0.2) is 0 Å². The third-order valence-corrected chi connectivity index (χ3v) is 6.13. The zero-order valence-corrected chi connectivity index (χ0v) is 17.3. The Morgan fingerprint density at radius 2 is 1.90 bits per heavy atom. The summed E-state index contributed by atoms with van der Waals surface area (Å²) in [6, 6.07) is 7.64. The fraction of sp³-hybridized carbons (Fsp3) is 0.591. The minimum absolute atomic E-state index is 0.00744. The van der Waals surface area contributed by atoms with Gasteiger partial charge in [-0.05, 0) is 44.5 Å². The molecule has 0 bridgehead atoms. The highest BCUT2D eigenvalue weighted by Gasteiger charge is 2.32. The summed E-state index contributed by atoms with van der Waals surface area (Å²) in [4.78, 5) is 34.5. The Labute approximate surface area is 172 Å². The normalized spacial score (nSPS) is 21.2. The Morgan fingerprint density at radius 3 is 2.66 bits per heavy atom. The number of rotatable bonds is 5. The summed E-state index contributed by atoms with van der Waals surface area (Å²) in [5.41, 5.74) is 1.91. The van der Waals surface area contributed by atoms with Gasteiger partial charge in [-0.15, -0.1) is 0 Å². The van der Waals surface area contributed by atoms with Crippen molar-refractivity contribution in [3.8, 4) is 0 Å². The van der Waals surface area contributed by atoms with E-state index >= 15 is 0 Å². The highest BCUT2D eigenvalue weighted by molar-refractivity contribution is 5.89. The van der Waals surface area contributed by atoms with Gasteiger partial charge in [0, 0.05) is 13.1 Å². The maximum absolute atomic E-state index is 13.2. The number of nitrogens with one attached hydrogen (secondary N) is 1. The molecule has 2 fully saturated rings. The van der Waals surface area contributed by atoms with E-state index in [0.29, 0.717) is 19.5 Å². The van der Waals surface area contributed by atoms with Crippen molar-refractivity contribution in [3.63, 3.8) is 0 Å².